The van der Waals surface area contributed by atoms with E-state index in [0.717, 1.165) is 0 Å². The van der Waals surface area contributed by atoms with E-state index in [4.69, 9.17) is 11.6 Å². The van der Waals surface area contributed by atoms with Crippen molar-refractivity contribution in [2.45, 2.75) is 0 Å². The van der Waals surface area contributed by atoms with Gasteiger partial charge < -0.3 is 10.2 Å². The molecule has 10 heteroatoms. The third kappa shape index (κ3) is 4.25. The fraction of sp³-hybridized carbons (Fsp3) is 0.0526. The largest absolute Gasteiger partial charge is 0.327 e. The Morgan fingerprint density at radius 1 is 1.10 bits per heavy atom. The van der Waals surface area contributed by atoms with Crippen molar-refractivity contribution < 1.29 is 9.18 Å². The quantitative estimate of drug-likeness (QED) is 0.461. The molecule has 0 spiro atoms. The van der Waals surface area contributed by atoms with Gasteiger partial charge in [-0.2, -0.15) is 0 Å². The first kappa shape index (κ1) is 19.0. The number of thiazole rings is 1. The van der Waals surface area contributed by atoms with Crippen molar-refractivity contribution in [3.8, 4) is 0 Å². The monoisotopic (exact) mass is 428 g/mol. The van der Waals surface area contributed by atoms with Gasteiger partial charge in [0.1, 0.15) is 22.0 Å². The minimum atomic E-state index is -0.443. The lowest BCUT2D eigenvalue weighted by Gasteiger charge is -2.18. The molecule has 0 atom stereocenters. The number of anilines is 4. The number of urea groups is 1. The smallest absolute Gasteiger partial charge is 0.325 e. The number of aromatic nitrogens is 3. The highest BCUT2D eigenvalue weighted by atomic mass is 35.5. The highest BCUT2D eigenvalue weighted by molar-refractivity contribution is 7.22. The van der Waals surface area contributed by atoms with Crippen LogP contribution in [-0.4, -0.2) is 28.0 Å². The van der Waals surface area contributed by atoms with Crippen LogP contribution in [0.1, 0.15) is 0 Å². The van der Waals surface area contributed by atoms with Gasteiger partial charge in [-0.25, -0.2) is 19.2 Å². The summed E-state index contributed by atoms with van der Waals surface area (Å²) in [6.45, 7) is 0. The first-order chi connectivity index (χ1) is 14.0. The number of fused-ring (bicyclic) bond motifs is 1. The Bertz CT molecular complexity index is 1190. The molecule has 0 saturated heterocycles. The molecule has 0 aliphatic heterocycles. The number of benzene rings is 1. The van der Waals surface area contributed by atoms with Gasteiger partial charge in [-0.3, -0.25) is 10.3 Å². The average Bonchev–Trinajstić information content (AvgIpc) is 3.09. The summed E-state index contributed by atoms with van der Waals surface area (Å²) in [5.41, 5.74) is 1.59. The van der Waals surface area contributed by atoms with Crippen molar-refractivity contribution in [2.75, 3.05) is 22.6 Å². The molecule has 1 aromatic carbocycles. The van der Waals surface area contributed by atoms with E-state index in [2.05, 4.69) is 25.6 Å². The lowest BCUT2D eigenvalue weighted by atomic mass is 10.2. The van der Waals surface area contributed by atoms with Crippen LogP contribution in [0.2, 0.25) is 5.02 Å². The van der Waals surface area contributed by atoms with Gasteiger partial charge in [0.2, 0.25) is 0 Å². The molecule has 0 aliphatic carbocycles. The Morgan fingerprint density at radius 3 is 2.66 bits per heavy atom. The van der Waals surface area contributed by atoms with Crippen LogP contribution < -0.4 is 15.5 Å². The second-order valence-corrected chi connectivity index (χ2v) is 7.40. The van der Waals surface area contributed by atoms with Gasteiger partial charge >= 0.3 is 6.03 Å². The van der Waals surface area contributed by atoms with E-state index < -0.39 is 11.8 Å². The Kier molecular flexibility index (Phi) is 5.24. The van der Waals surface area contributed by atoms with Crippen molar-refractivity contribution >= 4 is 61.6 Å². The zero-order valence-corrected chi connectivity index (χ0v) is 16.6. The van der Waals surface area contributed by atoms with Gasteiger partial charge in [-0.05, 0) is 42.5 Å². The number of nitrogens with one attached hydrogen (secondary N) is 2. The molecule has 3 heterocycles. The summed E-state index contributed by atoms with van der Waals surface area (Å²) in [5.74, 6) is 0.0940. The van der Waals surface area contributed by atoms with Gasteiger partial charge in [-0.1, -0.05) is 22.9 Å². The van der Waals surface area contributed by atoms with Gasteiger partial charge in [-0.15, -0.1) is 0 Å². The molecule has 29 heavy (non-hydrogen) atoms. The summed E-state index contributed by atoms with van der Waals surface area (Å²) in [6, 6.07) is 10.9. The summed E-state index contributed by atoms with van der Waals surface area (Å²) in [5, 5.41) is 6.10. The number of hydrogen-bond acceptors (Lipinski definition) is 6. The fourth-order valence-electron chi connectivity index (χ4n) is 2.62. The summed E-state index contributed by atoms with van der Waals surface area (Å²) in [6.07, 6.45) is 3.16. The first-order valence-electron chi connectivity index (χ1n) is 8.44. The van der Waals surface area contributed by atoms with E-state index in [-0.39, 0.29) is 0 Å². The van der Waals surface area contributed by atoms with Crippen LogP contribution >= 0.6 is 22.9 Å². The SMILES string of the molecule is CN(c1ccc2nc(NC(=O)Nc3ccncc3)sc2n1)c1ccc(Cl)cc1F. The van der Waals surface area contributed by atoms with E-state index in [9.17, 15) is 9.18 Å². The van der Waals surface area contributed by atoms with Crippen LogP contribution in [0.3, 0.4) is 0 Å². The predicted molar refractivity (Wildman–Crippen MR) is 114 cm³/mol. The Hall–Kier alpha value is -3.30. The van der Waals surface area contributed by atoms with Crippen molar-refractivity contribution in [2.24, 2.45) is 0 Å². The maximum absolute atomic E-state index is 14.2. The van der Waals surface area contributed by atoms with Crippen molar-refractivity contribution in [1.82, 2.24) is 15.0 Å². The molecule has 2 N–H and O–H groups in total. The molecule has 4 aromatic rings. The van der Waals surface area contributed by atoms with E-state index in [1.54, 1.807) is 60.7 Å². The number of carbonyl (C=O) groups excluding carboxylic acids is 1. The Balaban J connectivity index is 1.53. The molecular weight excluding hydrogens is 415 g/mol. The molecule has 0 bridgehead atoms. The van der Waals surface area contributed by atoms with Crippen molar-refractivity contribution in [1.29, 1.82) is 0 Å². The molecule has 0 fully saturated rings. The maximum atomic E-state index is 14.2. The van der Waals surface area contributed by atoms with Gasteiger partial charge in [0.25, 0.3) is 0 Å². The lowest BCUT2D eigenvalue weighted by Crippen LogP contribution is -2.19. The molecule has 7 nitrogen and oxygen atoms in total. The van der Waals surface area contributed by atoms with Crippen LogP contribution in [0.15, 0.2) is 54.9 Å². The first-order valence-corrected chi connectivity index (χ1v) is 9.63. The molecule has 0 aliphatic rings. The second kappa shape index (κ2) is 7.98. The summed E-state index contributed by atoms with van der Waals surface area (Å²) in [4.78, 5) is 27.1. The zero-order chi connectivity index (χ0) is 20.4. The highest BCUT2D eigenvalue weighted by Crippen LogP contribution is 2.31. The highest BCUT2D eigenvalue weighted by Gasteiger charge is 2.14. The van der Waals surface area contributed by atoms with Gasteiger partial charge in [0, 0.05) is 30.2 Å². The molecule has 0 saturated carbocycles. The molecule has 2 amide bonds. The number of pyridine rings is 2. The van der Waals surface area contributed by atoms with Crippen LogP contribution in [0, 0.1) is 5.82 Å². The second-order valence-electron chi connectivity index (χ2n) is 5.98. The number of carbonyl (C=O) groups is 1. The molecular formula is C19H14ClFN6OS. The number of nitrogens with zero attached hydrogens (tertiary/aromatic N) is 4. The topological polar surface area (TPSA) is 83.0 Å². The fourth-order valence-corrected chi connectivity index (χ4v) is 3.61. The van der Waals surface area contributed by atoms with Crippen molar-refractivity contribution in [3.05, 3.63) is 65.7 Å². The Morgan fingerprint density at radius 2 is 1.90 bits per heavy atom. The minimum Gasteiger partial charge on any atom is -0.327 e. The molecule has 146 valence electrons. The number of halogens is 2. The van der Waals surface area contributed by atoms with Crippen LogP contribution in [0.25, 0.3) is 10.3 Å². The van der Waals surface area contributed by atoms with E-state index >= 15 is 0 Å². The van der Waals surface area contributed by atoms with Crippen LogP contribution in [0.4, 0.5) is 31.5 Å². The molecule has 4 rings (SSSR count). The zero-order valence-electron chi connectivity index (χ0n) is 15.1. The predicted octanol–water partition coefficient (Wildman–Crippen LogP) is 5.29. The van der Waals surface area contributed by atoms with Crippen LogP contribution in [0.5, 0.6) is 0 Å². The van der Waals surface area contributed by atoms with E-state index in [1.807, 2.05) is 0 Å². The van der Waals surface area contributed by atoms with Gasteiger partial charge in [0.15, 0.2) is 5.13 Å². The number of rotatable bonds is 4. The third-order valence-corrected chi connectivity index (χ3v) is 5.13. The average molecular weight is 429 g/mol. The van der Waals surface area contributed by atoms with E-state index in [0.29, 0.717) is 37.7 Å². The maximum Gasteiger partial charge on any atom is 0.325 e. The van der Waals surface area contributed by atoms with E-state index in [1.165, 1.54) is 17.4 Å². The standard InChI is InChI=1S/C19H14ClFN6OS/c1-27(15-4-2-11(20)10-13(15)21)16-5-3-14-17(25-16)29-19(24-14)26-18(28)23-12-6-8-22-9-7-12/h2-10H,1H3,(H2,22,23,24,26,28). The normalized spacial score (nSPS) is 10.7. The number of hydrogen-bond donors (Lipinski definition) is 2. The molecule has 3 aromatic heterocycles. The van der Waals surface area contributed by atoms with Gasteiger partial charge in [0.05, 0.1) is 5.69 Å². The summed E-state index contributed by atoms with van der Waals surface area (Å²) in [7, 11) is 1.71. The summed E-state index contributed by atoms with van der Waals surface area (Å²) >= 11 is 7.04. The third-order valence-electron chi connectivity index (χ3n) is 4.01. The number of amides is 2. The molecule has 0 unspecified atom stereocenters. The van der Waals surface area contributed by atoms with Crippen molar-refractivity contribution in [3.63, 3.8) is 0 Å². The molecule has 0 radical (unpaired) electrons. The lowest BCUT2D eigenvalue weighted by molar-refractivity contribution is 0.262. The summed E-state index contributed by atoms with van der Waals surface area (Å²) < 4.78 is 14.2. The van der Waals surface area contributed by atoms with Crippen LogP contribution in [-0.2, 0) is 0 Å². The Labute approximate surface area is 174 Å². The minimum absolute atomic E-state index is 0.325.